The van der Waals surface area contributed by atoms with Gasteiger partial charge in [-0.05, 0) is 31.2 Å². The van der Waals surface area contributed by atoms with Crippen molar-refractivity contribution in [2.75, 3.05) is 5.32 Å². The molecule has 0 unspecified atom stereocenters. The molecule has 0 atom stereocenters. The molecule has 7 heteroatoms. The van der Waals surface area contributed by atoms with Gasteiger partial charge in [-0.15, -0.1) is 8.78 Å². The number of nitrogens with one attached hydrogen (secondary N) is 1. The summed E-state index contributed by atoms with van der Waals surface area (Å²) in [6, 6.07) is 7.35. The van der Waals surface area contributed by atoms with Crippen molar-refractivity contribution in [3.05, 3.63) is 47.8 Å². The van der Waals surface area contributed by atoms with Crippen LogP contribution in [0, 0.1) is 6.92 Å². The van der Waals surface area contributed by atoms with E-state index in [2.05, 4.69) is 19.8 Å². The fourth-order valence-corrected chi connectivity index (χ4v) is 1.83. The number of halogens is 2. The van der Waals surface area contributed by atoms with E-state index in [0.717, 1.165) is 5.69 Å². The maximum Gasteiger partial charge on any atom is 0.586 e. The number of carbonyl (C=O) groups excluding carboxylic acids is 1. The van der Waals surface area contributed by atoms with Crippen molar-refractivity contribution >= 4 is 11.6 Å². The van der Waals surface area contributed by atoms with Crippen molar-refractivity contribution in [3.8, 4) is 11.5 Å². The second-order valence-electron chi connectivity index (χ2n) is 4.47. The number of benzene rings is 1. The molecule has 108 valence electrons. The number of anilines is 1. The molecule has 0 saturated heterocycles. The van der Waals surface area contributed by atoms with Gasteiger partial charge in [0, 0.05) is 23.6 Å². The van der Waals surface area contributed by atoms with Crippen molar-refractivity contribution < 1.29 is 23.0 Å². The zero-order valence-corrected chi connectivity index (χ0v) is 10.9. The molecular formula is C14H10F2N2O3. The first-order valence-electron chi connectivity index (χ1n) is 6.07. The SMILES string of the molecule is Cc1ccc(C(=O)Nc2ccc3c(c2)OC(F)(F)O3)cn1. The maximum atomic E-state index is 12.9. The molecule has 1 amide bonds. The van der Waals surface area contributed by atoms with Crippen molar-refractivity contribution in [1.29, 1.82) is 0 Å². The van der Waals surface area contributed by atoms with Crippen LogP contribution in [0.25, 0.3) is 0 Å². The summed E-state index contributed by atoms with van der Waals surface area (Å²) >= 11 is 0. The molecule has 0 spiro atoms. The number of carbonyl (C=O) groups is 1. The number of aromatic nitrogens is 1. The summed E-state index contributed by atoms with van der Waals surface area (Å²) in [5.41, 5.74) is 1.47. The van der Waals surface area contributed by atoms with Crippen molar-refractivity contribution in [2.45, 2.75) is 13.2 Å². The van der Waals surface area contributed by atoms with Gasteiger partial charge in [0.25, 0.3) is 5.91 Å². The summed E-state index contributed by atoms with van der Waals surface area (Å²) in [6.45, 7) is 1.81. The first-order valence-corrected chi connectivity index (χ1v) is 6.07. The van der Waals surface area contributed by atoms with Gasteiger partial charge in [-0.3, -0.25) is 9.78 Å². The van der Waals surface area contributed by atoms with Crippen LogP contribution < -0.4 is 14.8 Å². The summed E-state index contributed by atoms with van der Waals surface area (Å²) in [6.07, 6.45) is -2.24. The van der Waals surface area contributed by atoms with Crippen LogP contribution in [0.2, 0.25) is 0 Å². The first kappa shape index (κ1) is 13.3. The van der Waals surface area contributed by atoms with E-state index in [1.807, 2.05) is 0 Å². The molecule has 0 fully saturated rings. The molecule has 1 aromatic heterocycles. The van der Waals surface area contributed by atoms with Crippen molar-refractivity contribution in [2.24, 2.45) is 0 Å². The van der Waals surface area contributed by atoms with E-state index in [1.54, 1.807) is 19.1 Å². The third kappa shape index (κ3) is 2.76. The molecule has 5 nitrogen and oxygen atoms in total. The van der Waals surface area contributed by atoms with E-state index in [9.17, 15) is 13.6 Å². The van der Waals surface area contributed by atoms with E-state index in [1.165, 1.54) is 24.4 Å². The molecule has 1 N–H and O–H groups in total. The number of hydrogen-bond acceptors (Lipinski definition) is 4. The molecule has 1 aromatic carbocycles. The molecule has 3 rings (SSSR count). The van der Waals surface area contributed by atoms with Crippen LogP contribution in [0.1, 0.15) is 16.1 Å². The van der Waals surface area contributed by atoms with Gasteiger partial charge in [-0.1, -0.05) is 0 Å². The lowest BCUT2D eigenvalue weighted by atomic mass is 10.2. The predicted molar refractivity (Wildman–Crippen MR) is 69.6 cm³/mol. The van der Waals surface area contributed by atoms with Gasteiger partial charge in [0.1, 0.15) is 0 Å². The molecule has 0 radical (unpaired) electrons. The van der Waals surface area contributed by atoms with Gasteiger partial charge in [0.15, 0.2) is 11.5 Å². The number of pyridine rings is 1. The van der Waals surface area contributed by atoms with Gasteiger partial charge >= 0.3 is 6.29 Å². The van der Waals surface area contributed by atoms with Gasteiger partial charge in [-0.25, -0.2) is 0 Å². The normalized spacial score (nSPS) is 14.8. The number of hydrogen-bond donors (Lipinski definition) is 1. The average molecular weight is 292 g/mol. The molecule has 0 aliphatic carbocycles. The van der Waals surface area contributed by atoms with Crippen LogP contribution in [0.5, 0.6) is 11.5 Å². The Morgan fingerprint density at radius 2 is 1.95 bits per heavy atom. The van der Waals surface area contributed by atoms with Gasteiger partial charge in [0.2, 0.25) is 0 Å². The van der Waals surface area contributed by atoms with Crippen LogP contribution in [0.3, 0.4) is 0 Å². The molecule has 2 aromatic rings. The molecule has 0 bridgehead atoms. The Morgan fingerprint density at radius 1 is 1.19 bits per heavy atom. The molecule has 21 heavy (non-hydrogen) atoms. The summed E-state index contributed by atoms with van der Waals surface area (Å²) in [7, 11) is 0. The number of alkyl halides is 2. The quantitative estimate of drug-likeness (QED) is 0.924. The number of amides is 1. The lowest BCUT2D eigenvalue weighted by Gasteiger charge is -2.06. The van der Waals surface area contributed by atoms with Gasteiger partial charge in [-0.2, -0.15) is 0 Å². The predicted octanol–water partition coefficient (Wildman–Crippen LogP) is 2.96. The highest BCUT2D eigenvalue weighted by Crippen LogP contribution is 2.42. The lowest BCUT2D eigenvalue weighted by Crippen LogP contribution is -2.25. The second kappa shape index (κ2) is 4.69. The Labute approximate surface area is 118 Å². The highest BCUT2D eigenvalue weighted by atomic mass is 19.3. The van der Waals surface area contributed by atoms with Crippen molar-refractivity contribution in [1.82, 2.24) is 4.98 Å². The summed E-state index contributed by atoms with van der Waals surface area (Å²) < 4.78 is 34.4. The Balaban J connectivity index is 1.77. The molecular weight excluding hydrogens is 282 g/mol. The highest BCUT2D eigenvalue weighted by molar-refractivity contribution is 6.04. The Hall–Kier alpha value is -2.70. The number of rotatable bonds is 2. The Kier molecular flexibility index (Phi) is 2.97. The molecule has 1 aliphatic rings. The van der Waals surface area contributed by atoms with Crippen LogP contribution in [-0.4, -0.2) is 17.2 Å². The zero-order valence-electron chi connectivity index (χ0n) is 10.9. The minimum Gasteiger partial charge on any atom is -0.395 e. The van der Waals surface area contributed by atoms with E-state index < -0.39 is 12.2 Å². The fourth-order valence-electron chi connectivity index (χ4n) is 1.83. The fraction of sp³-hybridized carbons (Fsp3) is 0.143. The number of aryl methyl sites for hydroxylation is 1. The molecule has 1 aliphatic heterocycles. The first-order chi connectivity index (χ1) is 9.93. The summed E-state index contributed by atoms with van der Waals surface area (Å²) in [5.74, 6) is -0.594. The summed E-state index contributed by atoms with van der Waals surface area (Å²) in [5, 5.41) is 2.58. The van der Waals surface area contributed by atoms with Crippen molar-refractivity contribution in [3.63, 3.8) is 0 Å². The smallest absolute Gasteiger partial charge is 0.395 e. The Bertz CT molecular complexity index is 702. The number of fused-ring (bicyclic) bond motifs is 1. The highest BCUT2D eigenvalue weighted by Gasteiger charge is 2.43. The van der Waals surface area contributed by atoms with Gasteiger partial charge < -0.3 is 14.8 Å². The van der Waals surface area contributed by atoms with E-state index in [0.29, 0.717) is 11.3 Å². The summed E-state index contributed by atoms with van der Waals surface area (Å²) in [4.78, 5) is 16.0. The van der Waals surface area contributed by atoms with Crippen LogP contribution >= 0.6 is 0 Å². The minimum absolute atomic E-state index is 0.0741. The zero-order chi connectivity index (χ0) is 15.0. The van der Waals surface area contributed by atoms with E-state index in [-0.39, 0.29) is 11.5 Å². The standard InChI is InChI=1S/C14H10F2N2O3/c1-8-2-3-9(7-17-8)13(19)18-10-4-5-11-12(6-10)21-14(15,16)20-11/h2-7H,1H3,(H,18,19). The lowest BCUT2D eigenvalue weighted by molar-refractivity contribution is -0.286. The topological polar surface area (TPSA) is 60.5 Å². The third-order valence-corrected chi connectivity index (χ3v) is 2.83. The Morgan fingerprint density at radius 3 is 2.67 bits per heavy atom. The van der Waals surface area contributed by atoms with Gasteiger partial charge in [0.05, 0.1) is 5.56 Å². The van der Waals surface area contributed by atoms with E-state index >= 15 is 0 Å². The second-order valence-corrected chi connectivity index (χ2v) is 4.47. The average Bonchev–Trinajstić information content (AvgIpc) is 2.72. The largest absolute Gasteiger partial charge is 0.586 e. The van der Waals surface area contributed by atoms with Crippen LogP contribution in [0.15, 0.2) is 36.5 Å². The monoisotopic (exact) mass is 292 g/mol. The third-order valence-electron chi connectivity index (χ3n) is 2.83. The van der Waals surface area contributed by atoms with Crippen LogP contribution in [-0.2, 0) is 0 Å². The molecule has 2 heterocycles. The number of ether oxygens (including phenoxy) is 2. The van der Waals surface area contributed by atoms with Crippen LogP contribution in [0.4, 0.5) is 14.5 Å². The van der Waals surface area contributed by atoms with E-state index in [4.69, 9.17) is 0 Å². The maximum absolute atomic E-state index is 12.9. The minimum atomic E-state index is -3.67. The molecule has 0 saturated carbocycles. The number of nitrogens with zero attached hydrogens (tertiary/aromatic N) is 1.